The van der Waals surface area contributed by atoms with Gasteiger partial charge < -0.3 is 40.1 Å². The van der Waals surface area contributed by atoms with Crippen LogP contribution >= 0.6 is 7.75 Å². The van der Waals surface area contributed by atoms with E-state index < -0.39 is 50.5 Å². The molecule has 1 fully saturated rings. The molecule has 2 heterocycles. The number of aromatic amines is 1. The average Bonchev–Trinajstić information content (AvgIpc) is 3.01. The van der Waals surface area contributed by atoms with Crippen molar-refractivity contribution >= 4 is 25.9 Å². The summed E-state index contributed by atoms with van der Waals surface area (Å²) in [6.07, 6.45) is -5.10. The highest BCUT2D eigenvalue weighted by Crippen LogP contribution is 2.36. The second-order valence-electron chi connectivity index (χ2n) is 4.85. The Morgan fingerprint density at radius 3 is 2.54 bits per heavy atom. The van der Waals surface area contributed by atoms with Gasteiger partial charge in [0.05, 0.1) is 12.3 Å². The number of rotatable bonds is 6. The van der Waals surface area contributed by atoms with Gasteiger partial charge in [-0.25, -0.2) is 9.55 Å². The number of carbonyl (C=O) groups excluding carboxylic acids is 2. The highest BCUT2D eigenvalue weighted by Gasteiger charge is 2.45. The minimum absolute atomic E-state index is 0.125. The molecular formula is C10H15N4O9P. The van der Waals surface area contributed by atoms with Gasteiger partial charge in [0.15, 0.2) is 11.6 Å². The van der Waals surface area contributed by atoms with E-state index in [0.717, 1.165) is 0 Å². The third-order valence-electron chi connectivity index (χ3n) is 3.22. The minimum Gasteiger partial charge on any atom is -0.394 e. The van der Waals surface area contributed by atoms with Gasteiger partial charge in [0.1, 0.15) is 24.4 Å². The number of aromatic nitrogens is 2. The van der Waals surface area contributed by atoms with Crippen LogP contribution in [0.25, 0.3) is 0 Å². The smallest absolute Gasteiger partial charge is 0.394 e. The van der Waals surface area contributed by atoms with Gasteiger partial charge >= 0.3 is 7.75 Å². The second-order valence-corrected chi connectivity index (χ2v) is 6.17. The first-order chi connectivity index (χ1) is 11.2. The molecule has 1 unspecified atom stereocenters. The molecule has 134 valence electrons. The van der Waals surface area contributed by atoms with Crippen LogP contribution in [0, 0.1) is 0 Å². The Morgan fingerprint density at radius 1 is 1.38 bits per heavy atom. The van der Waals surface area contributed by atoms with Crippen LogP contribution in [0.15, 0.2) is 0 Å². The number of carbonyl (C=O) groups is 2. The molecule has 24 heavy (non-hydrogen) atoms. The van der Waals surface area contributed by atoms with E-state index in [1.165, 1.54) is 5.09 Å². The van der Waals surface area contributed by atoms with Gasteiger partial charge in [-0.1, -0.05) is 0 Å². The van der Waals surface area contributed by atoms with Gasteiger partial charge in [0.25, 0.3) is 5.91 Å². The molecule has 2 amide bonds. The fourth-order valence-electron chi connectivity index (χ4n) is 2.19. The van der Waals surface area contributed by atoms with Gasteiger partial charge in [-0.3, -0.25) is 14.7 Å². The number of aliphatic hydroxyl groups is 3. The molecule has 0 aliphatic carbocycles. The number of aliphatic hydroxyl groups excluding tert-OH is 3. The highest BCUT2D eigenvalue weighted by molar-refractivity contribution is 7.50. The first-order valence-corrected chi connectivity index (χ1v) is 8.10. The predicted octanol–water partition coefficient (Wildman–Crippen LogP) is -3.05. The maximum atomic E-state index is 11.7. The molecule has 1 aromatic rings. The first-order valence-electron chi connectivity index (χ1n) is 6.48. The van der Waals surface area contributed by atoms with Gasteiger partial charge in [-0.05, 0) is 0 Å². The summed E-state index contributed by atoms with van der Waals surface area (Å²) in [5.74, 6) is -2.10. The molecule has 0 radical (unpaired) electrons. The molecule has 14 heteroatoms. The Labute approximate surface area is 133 Å². The molecule has 1 saturated heterocycles. The fourth-order valence-corrected chi connectivity index (χ4v) is 2.56. The number of nitrogens with one attached hydrogen (secondary N) is 3. The van der Waals surface area contributed by atoms with E-state index >= 15 is 0 Å². The molecule has 2 rings (SSSR count). The molecule has 1 aliphatic heterocycles. The Kier molecular flexibility index (Phi) is 5.35. The van der Waals surface area contributed by atoms with Crippen LogP contribution in [-0.2, 0) is 14.1 Å². The summed E-state index contributed by atoms with van der Waals surface area (Å²) in [5.41, 5.74) is -0.125. The number of hydrogen-bond acceptors (Lipinski definition) is 8. The monoisotopic (exact) mass is 366 g/mol. The third kappa shape index (κ3) is 3.79. The van der Waals surface area contributed by atoms with Crippen molar-refractivity contribution < 1.29 is 44.0 Å². The van der Waals surface area contributed by atoms with Crippen LogP contribution < -0.4 is 10.4 Å². The van der Waals surface area contributed by atoms with E-state index in [1.807, 2.05) is 0 Å². The Balaban J connectivity index is 2.34. The lowest BCUT2D eigenvalue weighted by Crippen LogP contribution is -2.32. The summed E-state index contributed by atoms with van der Waals surface area (Å²) in [6, 6.07) is 0. The quantitative estimate of drug-likeness (QED) is 0.188. The lowest BCUT2D eigenvalue weighted by molar-refractivity contribution is -0.105. The van der Waals surface area contributed by atoms with Crippen molar-refractivity contribution in [3.63, 3.8) is 0 Å². The first kappa shape index (κ1) is 18.5. The van der Waals surface area contributed by atoms with Gasteiger partial charge in [-0.2, -0.15) is 0 Å². The largest absolute Gasteiger partial charge is 0.430 e. The number of anilines is 1. The van der Waals surface area contributed by atoms with E-state index in [1.54, 1.807) is 0 Å². The maximum absolute atomic E-state index is 11.7. The molecule has 1 aliphatic rings. The molecular weight excluding hydrogens is 351 g/mol. The second kappa shape index (κ2) is 6.94. The zero-order valence-corrected chi connectivity index (χ0v) is 12.8. The van der Waals surface area contributed by atoms with Crippen molar-refractivity contribution in [1.29, 1.82) is 0 Å². The number of amides is 2. The summed E-state index contributed by atoms with van der Waals surface area (Å²) in [6.45, 7) is -0.592. The van der Waals surface area contributed by atoms with E-state index in [0.29, 0.717) is 0 Å². The van der Waals surface area contributed by atoms with E-state index in [2.05, 4.69) is 15.3 Å². The van der Waals surface area contributed by atoms with Crippen molar-refractivity contribution in [2.75, 3.05) is 11.9 Å². The number of hydrogen-bond donors (Lipinski definition) is 8. The zero-order chi connectivity index (χ0) is 18.1. The molecule has 8 N–H and O–H groups in total. The fraction of sp³-hybridized carbons (Fsp3) is 0.500. The summed E-state index contributed by atoms with van der Waals surface area (Å²) < 4.78 is 16.0. The zero-order valence-electron chi connectivity index (χ0n) is 11.9. The average molecular weight is 366 g/mol. The Morgan fingerprint density at radius 2 is 2.04 bits per heavy atom. The SMILES string of the molecule is O=CNc1nc(C(=O)NP(=O)(O)O)[nH]c1C1O[C@H](CO)[C@@H](O)[C@H]1O. The number of imidazole rings is 1. The summed E-state index contributed by atoms with van der Waals surface area (Å²) in [5, 5.41) is 32.3. The lowest BCUT2D eigenvalue weighted by Gasteiger charge is -2.14. The topological polar surface area (TPSA) is 214 Å². The molecule has 0 saturated carbocycles. The minimum atomic E-state index is -4.87. The van der Waals surface area contributed by atoms with Gasteiger partial charge in [0, 0.05) is 0 Å². The Hall–Kier alpha value is -1.86. The van der Waals surface area contributed by atoms with Crippen molar-refractivity contribution in [3.8, 4) is 0 Å². The lowest BCUT2D eigenvalue weighted by atomic mass is 10.1. The van der Waals surface area contributed by atoms with Crippen LogP contribution in [0.5, 0.6) is 0 Å². The molecule has 0 bridgehead atoms. The predicted molar refractivity (Wildman–Crippen MR) is 74.5 cm³/mol. The van der Waals surface area contributed by atoms with E-state index in [4.69, 9.17) is 19.6 Å². The maximum Gasteiger partial charge on any atom is 0.430 e. The summed E-state index contributed by atoms with van der Waals surface area (Å²) >= 11 is 0. The molecule has 0 aromatic carbocycles. The van der Waals surface area contributed by atoms with Crippen LogP contribution in [-0.4, -0.2) is 72.3 Å². The summed E-state index contributed by atoms with van der Waals surface area (Å²) in [7, 11) is -4.87. The highest BCUT2D eigenvalue weighted by atomic mass is 31.2. The van der Waals surface area contributed by atoms with Crippen molar-refractivity contribution in [2.45, 2.75) is 24.4 Å². The van der Waals surface area contributed by atoms with Gasteiger partial charge in [-0.15, -0.1) is 0 Å². The molecule has 4 atom stereocenters. The number of nitrogens with zero attached hydrogens (tertiary/aromatic N) is 1. The Bertz CT molecular complexity index is 673. The number of H-pyrrole nitrogens is 1. The third-order valence-corrected chi connectivity index (χ3v) is 3.71. The summed E-state index contributed by atoms with van der Waals surface area (Å²) in [4.78, 5) is 45.8. The van der Waals surface area contributed by atoms with Crippen LogP contribution in [0.2, 0.25) is 0 Å². The standard InChI is InChI=1S/C10H15N4O9P/c15-1-3-5(17)6(18)7(23-3)4-8(11-2-16)13-9(12-4)10(19)14-24(20,21)22/h2-3,5-7,15,17-18H,1H2,(H,11,16)(H,12,13)(H3,14,19,20,21,22)/t3-,5-,6-,7?/m1/s1. The van der Waals surface area contributed by atoms with Crippen LogP contribution in [0.4, 0.5) is 5.82 Å². The van der Waals surface area contributed by atoms with Crippen LogP contribution in [0.1, 0.15) is 22.4 Å². The normalized spacial score (nSPS) is 27.0. The van der Waals surface area contributed by atoms with Gasteiger partial charge in [0.2, 0.25) is 6.41 Å². The van der Waals surface area contributed by atoms with E-state index in [9.17, 15) is 24.4 Å². The van der Waals surface area contributed by atoms with Crippen molar-refractivity contribution in [3.05, 3.63) is 11.5 Å². The molecule has 1 aromatic heterocycles. The van der Waals surface area contributed by atoms with Crippen molar-refractivity contribution in [1.82, 2.24) is 15.1 Å². The molecule has 13 nitrogen and oxygen atoms in total. The van der Waals surface area contributed by atoms with Crippen molar-refractivity contribution in [2.24, 2.45) is 0 Å². The number of ether oxygens (including phenoxy) is 1. The molecule has 0 spiro atoms. The van der Waals surface area contributed by atoms with Crippen LogP contribution in [0.3, 0.4) is 0 Å². The van der Waals surface area contributed by atoms with E-state index in [-0.39, 0.29) is 17.9 Å².